The molecule has 1 heterocycles. The molecule has 0 fully saturated rings. The minimum Gasteiger partial charge on any atom is -0.454 e. The van der Waals surface area contributed by atoms with Gasteiger partial charge in [0.1, 0.15) is 11.4 Å². The molecular formula is C24H24FN3O3. The van der Waals surface area contributed by atoms with Crippen LogP contribution in [0, 0.1) is 12.7 Å². The predicted molar refractivity (Wildman–Crippen MR) is 116 cm³/mol. The van der Waals surface area contributed by atoms with E-state index in [4.69, 9.17) is 4.74 Å². The molecule has 160 valence electrons. The normalized spacial score (nSPS) is 11.5. The first-order chi connectivity index (χ1) is 14.8. The quantitative estimate of drug-likeness (QED) is 0.636. The number of nitrogens with one attached hydrogen (secondary N) is 1. The molecule has 2 amide bonds. The van der Waals surface area contributed by atoms with E-state index in [1.54, 1.807) is 64.3 Å². The summed E-state index contributed by atoms with van der Waals surface area (Å²) in [6, 6.07) is 16.2. The van der Waals surface area contributed by atoms with E-state index in [2.05, 4.69) is 10.3 Å². The number of halogens is 1. The number of benzene rings is 2. The molecule has 2 aromatic carbocycles. The first-order valence-corrected chi connectivity index (χ1v) is 9.78. The van der Waals surface area contributed by atoms with Crippen LogP contribution in [0.3, 0.4) is 0 Å². The van der Waals surface area contributed by atoms with E-state index in [0.717, 1.165) is 0 Å². The molecule has 1 atom stereocenters. The van der Waals surface area contributed by atoms with Crippen LogP contribution >= 0.6 is 0 Å². The van der Waals surface area contributed by atoms with Gasteiger partial charge in [-0.25, -0.2) is 9.37 Å². The molecule has 0 aliphatic carbocycles. The Bertz CT molecular complexity index is 1100. The average Bonchev–Trinajstić information content (AvgIpc) is 2.75. The number of carbonyl (C=O) groups is 2. The second-order valence-corrected chi connectivity index (χ2v) is 7.33. The molecule has 31 heavy (non-hydrogen) atoms. The zero-order chi connectivity index (χ0) is 22.5. The first kappa shape index (κ1) is 22.0. The van der Waals surface area contributed by atoms with Gasteiger partial charge < -0.3 is 15.0 Å². The Kier molecular flexibility index (Phi) is 6.65. The number of nitrogens with zero attached hydrogens (tertiary/aromatic N) is 2. The summed E-state index contributed by atoms with van der Waals surface area (Å²) in [5.41, 5.74) is 1.65. The van der Waals surface area contributed by atoms with Gasteiger partial charge in [0.05, 0.1) is 17.3 Å². The van der Waals surface area contributed by atoms with E-state index in [-0.39, 0.29) is 23.3 Å². The van der Waals surface area contributed by atoms with E-state index in [0.29, 0.717) is 22.6 Å². The maximum absolute atomic E-state index is 14.5. The molecule has 1 unspecified atom stereocenters. The van der Waals surface area contributed by atoms with Crippen molar-refractivity contribution in [2.75, 3.05) is 14.1 Å². The van der Waals surface area contributed by atoms with Crippen LogP contribution in [0.15, 0.2) is 60.7 Å². The van der Waals surface area contributed by atoms with Crippen LogP contribution in [-0.2, 0) is 0 Å². The summed E-state index contributed by atoms with van der Waals surface area (Å²) in [6.07, 6.45) is 0. The molecule has 6 nitrogen and oxygen atoms in total. The van der Waals surface area contributed by atoms with Crippen molar-refractivity contribution in [2.24, 2.45) is 0 Å². The van der Waals surface area contributed by atoms with Crippen molar-refractivity contribution in [1.82, 2.24) is 15.2 Å². The second kappa shape index (κ2) is 9.38. The highest BCUT2D eigenvalue weighted by Crippen LogP contribution is 2.27. The average molecular weight is 421 g/mol. The molecule has 0 aliphatic heterocycles. The van der Waals surface area contributed by atoms with Crippen LogP contribution in [0.5, 0.6) is 11.5 Å². The highest BCUT2D eigenvalue weighted by Gasteiger charge is 2.18. The zero-order valence-electron chi connectivity index (χ0n) is 17.8. The smallest absolute Gasteiger partial charge is 0.271 e. The van der Waals surface area contributed by atoms with Gasteiger partial charge in [-0.15, -0.1) is 0 Å². The number of aryl methyl sites for hydroxylation is 1. The van der Waals surface area contributed by atoms with Crippen molar-refractivity contribution in [3.05, 3.63) is 89.0 Å². The highest BCUT2D eigenvalue weighted by molar-refractivity contribution is 5.97. The summed E-state index contributed by atoms with van der Waals surface area (Å²) in [6.45, 7) is 3.43. The van der Waals surface area contributed by atoms with E-state index >= 15 is 0 Å². The van der Waals surface area contributed by atoms with Gasteiger partial charge in [0.25, 0.3) is 11.8 Å². The highest BCUT2D eigenvalue weighted by atomic mass is 19.1. The Hall–Kier alpha value is -3.74. The maximum Gasteiger partial charge on any atom is 0.271 e. The van der Waals surface area contributed by atoms with E-state index < -0.39 is 11.9 Å². The van der Waals surface area contributed by atoms with Crippen molar-refractivity contribution < 1.29 is 18.7 Å². The lowest BCUT2D eigenvalue weighted by molar-refractivity contribution is 0.0820. The molecular weight excluding hydrogens is 397 g/mol. The van der Waals surface area contributed by atoms with Gasteiger partial charge in [0.15, 0.2) is 11.6 Å². The monoisotopic (exact) mass is 421 g/mol. The molecule has 0 saturated heterocycles. The summed E-state index contributed by atoms with van der Waals surface area (Å²) < 4.78 is 20.1. The molecule has 0 radical (unpaired) electrons. The fourth-order valence-electron chi connectivity index (χ4n) is 2.99. The fourth-order valence-corrected chi connectivity index (χ4v) is 2.99. The minimum absolute atomic E-state index is 0.106. The number of hydrogen-bond donors (Lipinski definition) is 1. The SMILES string of the molecule is Cc1nc(C(=O)N(C)C)ccc1C(=O)NC(C)c1ccc(Oc2ccccc2)c(F)c1. The standard InChI is InChI=1S/C24H24FN3O3/c1-15(17-10-13-22(20(25)14-17)31-18-8-6-5-7-9-18)27-23(29)19-11-12-21(26-16(19)2)24(30)28(3)4/h5-15H,1-4H3,(H,27,29). The van der Waals surface area contributed by atoms with Crippen molar-refractivity contribution in [2.45, 2.75) is 19.9 Å². The summed E-state index contributed by atoms with van der Waals surface area (Å²) in [5.74, 6) is -0.473. The summed E-state index contributed by atoms with van der Waals surface area (Å²) >= 11 is 0. The lowest BCUT2D eigenvalue weighted by atomic mass is 10.1. The zero-order valence-corrected chi connectivity index (χ0v) is 17.8. The lowest BCUT2D eigenvalue weighted by Crippen LogP contribution is -2.28. The number of aromatic nitrogens is 1. The van der Waals surface area contributed by atoms with E-state index in [1.165, 1.54) is 23.1 Å². The number of rotatable bonds is 6. The maximum atomic E-state index is 14.5. The first-order valence-electron chi connectivity index (χ1n) is 9.78. The van der Waals surface area contributed by atoms with Crippen LogP contribution in [0.1, 0.15) is 45.1 Å². The van der Waals surface area contributed by atoms with Crippen LogP contribution < -0.4 is 10.1 Å². The number of pyridine rings is 1. The van der Waals surface area contributed by atoms with Gasteiger partial charge in [-0.3, -0.25) is 9.59 Å². The Morgan fingerprint density at radius 2 is 1.77 bits per heavy atom. The van der Waals surface area contributed by atoms with Crippen LogP contribution in [0.25, 0.3) is 0 Å². The van der Waals surface area contributed by atoms with Crippen LogP contribution in [0.4, 0.5) is 4.39 Å². The number of amides is 2. The Balaban J connectivity index is 1.71. The fraction of sp³-hybridized carbons (Fsp3) is 0.208. The minimum atomic E-state index is -0.521. The number of ether oxygens (including phenoxy) is 1. The largest absolute Gasteiger partial charge is 0.454 e. The Morgan fingerprint density at radius 3 is 2.39 bits per heavy atom. The molecule has 0 aliphatic rings. The summed E-state index contributed by atoms with van der Waals surface area (Å²) in [7, 11) is 3.27. The molecule has 0 bridgehead atoms. The van der Waals surface area contributed by atoms with Crippen molar-refractivity contribution in [3.8, 4) is 11.5 Å². The van der Waals surface area contributed by atoms with Gasteiger partial charge in [0.2, 0.25) is 0 Å². The third kappa shape index (κ3) is 5.25. The van der Waals surface area contributed by atoms with Crippen LogP contribution in [-0.4, -0.2) is 35.8 Å². The van der Waals surface area contributed by atoms with Crippen molar-refractivity contribution >= 4 is 11.8 Å². The van der Waals surface area contributed by atoms with Crippen molar-refractivity contribution in [1.29, 1.82) is 0 Å². The Morgan fingerprint density at radius 1 is 1.06 bits per heavy atom. The van der Waals surface area contributed by atoms with Crippen LogP contribution in [0.2, 0.25) is 0 Å². The lowest BCUT2D eigenvalue weighted by Gasteiger charge is -2.17. The third-order valence-corrected chi connectivity index (χ3v) is 4.73. The van der Waals surface area contributed by atoms with Crippen molar-refractivity contribution in [3.63, 3.8) is 0 Å². The molecule has 0 saturated carbocycles. The molecule has 0 spiro atoms. The summed E-state index contributed by atoms with van der Waals surface area (Å²) in [4.78, 5) is 30.4. The second-order valence-electron chi connectivity index (χ2n) is 7.33. The van der Waals surface area contributed by atoms with E-state index in [1.807, 2.05) is 6.07 Å². The van der Waals surface area contributed by atoms with Gasteiger partial charge in [-0.2, -0.15) is 0 Å². The number of hydrogen-bond acceptors (Lipinski definition) is 4. The number of para-hydroxylation sites is 1. The third-order valence-electron chi connectivity index (χ3n) is 4.73. The van der Waals surface area contributed by atoms with Gasteiger partial charge >= 0.3 is 0 Å². The summed E-state index contributed by atoms with van der Waals surface area (Å²) in [5, 5.41) is 2.84. The molecule has 1 aromatic heterocycles. The van der Waals surface area contributed by atoms with Gasteiger partial charge in [-0.1, -0.05) is 24.3 Å². The molecule has 7 heteroatoms. The van der Waals surface area contributed by atoms with E-state index in [9.17, 15) is 14.0 Å². The van der Waals surface area contributed by atoms with Gasteiger partial charge in [0, 0.05) is 14.1 Å². The topological polar surface area (TPSA) is 71.5 Å². The molecule has 1 N–H and O–H groups in total. The Labute approximate surface area is 180 Å². The number of carbonyl (C=O) groups excluding carboxylic acids is 2. The molecule has 3 rings (SSSR count). The van der Waals surface area contributed by atoms with Gasteiger partial charge in [-0.05, 0) is 55.8 Å². The molecule has 3 aromatic rings. The predicted octanol–water partition coefficient (Wildman–Crippen LogP) is 4.51.